The monoisotopic (exact) mass is 857 g/mol. The fraction of sp³-hybridized carbons (Fsp3) is 0.429. The zero-order valence-electron chi connectivity index (χ0n) is 30.4. The van der Waals surface area contributed by atoms with Crippen LogP contribution in [0.2, 0.25) is 19.6 Å². The molecule has 0 spiro atoms. The van der Waals surface area contributed by atoms with Crippen LogP contribution in [-0.4, -0.2) is 23.9 Å². The Morgan fingerprint density at radius 2 is 1.42 bits per heavy atom. The molecule has 0 aliphatic heterocycles. The van der Waals surface area contributed by atoms with Crippen molar-refractivity contribution in [1.82, 2.24) is 4.98 Å². The number of carbonyl (C=O) groups excluding carboxylic acids is 1. The third-order valence-electron chi connectivity index (χ3n) is 9.79. The van der Waals surface area contributed by atoms with Gasteiger partial charge in [-0.05, 0) is 53.6 Å². The molecule has 48 heavy (non-hydrogen) atoms. The van der Waals surface area contributed by atoms with Crippen molar-refractivity contribution in [2.45, 2.75) is 106 Å². The van der Waals surface area contributed by atoms with Gasteiger partial charge in [0.05, 0.1) is 13.8 Å². The smallest absolute Gasteiger partial charge is 0.162 e. The normalized spacial score (nSPS) is 12.2. The van der Waals surface area contributed by atoms with E-state index in [4.69, 9.17) is 4.98 Å². The van der Waals surface area contributed by atoms with Gasteiger partial charge in [-0.3, -0.25) is 9.78 Å². The second kappa shape index (κ2) is 17.9. The van der Waals surface area contributed by atoms with E-state index in [0.29, 0.717) is 5.92 Å². The maximum atomic E-state index is 11.7. The molecule has 5 rings (SSSR count). The fourth-order valence-corrected chi connectivity index (χ4v) is 10.4. The molecule has 0 saturated carbocycles. The average Bonchev–Trinajstić information content (AvgIpc) is 3.45. The van der Waals surface area contributed by atoms with Gasteiger partial charge in [0.15, 0.2) is 5.78 Å². The minimum absolute atomic E-state index is 0. The second-order valence-corrected chi connectivity index (χ2v) is 19.8. The third kappa shape index (κ3) is 8.74. The number of nitrogens with zero attached hydrogens (tertiary/aromatic N) is 1. The molecule has 0 saturated heterocycles. The number of hydrogen-bond donors (Lipinski definition) is 1. The summed E-state index contributed by atoms with van der Waals surface area (Å²) in [6.45, 7) is 20.0. The van der Waals surface area contributed by atoms with Gasteiger partial charge in [-0.2, -0.15) is 0 Å². The summed E-state index contributed by atoms with van der Waals surface area (Å²) in [7, 11) is -1.45. The molecule has 0 fully saturated rings. The van der Waals surface area contributed by atoms with E-state index in [-0.39, 0.29) is 43.5 Å². The quantitative estimate of drug-likeness (QED) is 0.0589. The number of ketones is 1. The van der Waals surface area contributed by atoms with Gasteiger partial charge in [-0.15, -0.1) is 40.5 Å². The number of aliphatic hydroxyl groups is 1. The average molecular weight is 857 g/mol. The summed E-state index contributed by atoms with van der Waals surface area (Å²) < 4.78 is 2.73. The summed E-state index contributed by atoms with van der Waals surface area (Å²) in [4.78, 5) is 16.6. The molecule has 5 aromatic rings. The summed E-state index contributed by atoms with van der Waals surface area (Å²) in [6, 6.07) is 23.8. The van der Waals surface area contributed by atoms with Gasteiger partial charge in [0.25, 0.3) is 0 Å². The minimum Gasteiger partial charge on any atom is -0.512 e. The Bertz CT molecular complexity index is 1840. The zero-order chi connectivity index (χ0) is 34.3. The van der Waals surface area contributed by atoms with Gasteiger partial charge >= 0.3 is 0 Å². The minimum atomic E-state index is -1.45. The molecular formula is C42H54IrNO2SSi-. The van der Waals surface area contributed by atoms with Crippen LogP contribution in [0.15, 0.2) is 72.6 Å². The maximum Gasteiger partial charge on any atom is 0.162 e. The molecular weight excluding hydrogens is 803 g/mol. The number of pyridine rings is 1. The van der Waals surface area contributed by atoms with Crippen molar-refractivity contribution < 1.29 is 30.0 Å². The summed E-state index contributed by atoms with van der Waals surface area (Å²) in [5.74, 6) is 1.10. The standard InChI is InChI=1S/C29H30NSSi.C13H24O2.Ir/c1-6-19(7-2)25-18-21(17-20-11-8-9-12-22(20)25)27-29-24(15-16-30-27)23-13-10-14-26(28(23)31-29)32(3,4)5;1-5-10(6-2)12(14)9-13(15)11(7-3)8-4;/h8-16,18-19H,6-7H2,1-5H3;9-11,14H,5-8H2,1-4H3;/q-1;;/b;12-9-;. The number of aromatic nitrogens is 1. The van der Waals surface area contributed by atoms with E-state index >= 15 is 0 Å². The molecule has 0 aliphatic rings. The summed E-state index contributed by atoms with van der Waals surface area (Å²) in [6.07, 6.45) is 9.17. The first-order valence-electron chi connectivity index (χ1n) is 17.7. The molecule has 0 bridgehead atoms. The van der Waals surface area contributed by atoms with Crippen molar-refractivity contribution in [2.24, 2.45) is 11.8 Å². The number of rotatable bonds is 12. The Morgan fingerprint density at radius 3 is 2.02 bits per heavy atom. The van der Waals surface area contributed by atoms with Crippen LogP contribution >= 0.6 is 11.3 Å². The van der Waals surface area contributed by atoms with Crippen LogP contribution in [0.3, 0.4) is 0 Å². The third-order valence-corrected chi connectivity index (χ3v) is 13.3. The molecule has 0 aliphatic carbocycles. The fourth-order valence-electron chi connectivity index (χ4n) is 6.74. The molecule has 3 nitrogen and oxygen atoms in total. The number of allylic oxidation sites excluding steroid dienone is 2. The van der Waals surface area contributed by atoms with Gasteiger partial charge < -0.3 is 5.11 Å². The van der Waals surface area contributed by atoms with Crippen molar-refractivity contribution in [1.29, 1.82) is 0 Å². The molecule has 3 aromatic carbocycles. The van der Waals surface area contributed by atoms with Crippen molar-refractivity contribution in [2.75, 3.05) is 0 Å². The molecule has 0 unspecified atom stereocenters. The Morgan fingerprint density at radius 1 is 0.812 bits per heavy atom. The molecule has 2 heterocycles. The molecule has 2 aromatic heterocycles. The Kier molecular flexibility index (Phi) is 14.8. The molecule has 0 atom stereocenters. The van der Waals surface area contributed by atoms with Crippen LogP contribution < -0.4 is 5.19 Å². The van der Waals surface area contributed by atoms with Crippen molar-refractivity contribution in [3.63, 3.8) is 0 Å². The van der Waals surface area contributed by atoms with Gasteiger partial charge in [-0.25, -0.2) is 0 Å². The molecule has 259 valence electrons. The van der Waals surface area contributed by atoms with E-state index in [1.54, 1.807) is 5.19 Å². The summed E-state index contributed by atoms with van der Waals surface area (Å²) in [5, 5.41) is 16.5. The van der Waals surface area contributed by atoms with Crippen LogP contribution in [0.4, 0.5) is 0 Å². The zero-order valence-corrected chi connectivity index (χ0v) is 34.6. The topological polar surface area (TPSA) is 50.2 Å². The van der Waals surface area contributed by atoms with Crippen LogP contribution in [-0.2, 0) is 24.9 Å². The Hall–Kier alpha value is -2.63. The number of carbonyl (C=O) groups is 1. The molecule has 1 radical (unpaired) electrons. The predicted octanol–water partition coefficient (Wildman–Crippen LogP) is 12.4. The van der Waals surface area contributed by atoms with Crippen LogP contribution in [0.1, 0.15) is 91.5 Å². The van der Waals surface area contributed by atoms with Crippen LogP contribution in [0.5, 0.6) is 0 Å². The van der Waals surface area contributed by atoms with Crippen LogP contribution in [0.25, 0.3) is 42.2 Å². The largest absolute Gasteiger partial charge is 0.512 e. The summed E-state index contributed by atoms with van der Waals surface area (Å²) in [5.41, 5.74) is 3.63. The first kappa shape index (κ1) is 39.8. The number of benzene rings is 3. The SMILES string of the molecule is CCC(CC)C(=O)/C=C(\O)C(CC)CC.CCC(CC)c1cc(-c2nccc3c2sc2c([Si](C)(C)C)cccc23)[c-]c2ccccc12.[Ir]. The second-order valence-electron chi connectivity index (χ2n) is 13.8. The van der Waals surface area contributed by atoms with Gasteiger partial charge in [0.2, 0.25) is 0 Å². The van der Waals surface area contributed by atoms with E-state index in [1.165, 1.54) is 42.6 Å². The summed E-state index contributed by atoms with van der Waals surface area (Å²) >= 11 is 1.92. The van der Waals surface area contributed by atoms with Gasteiger partial charge in [0.1, 0.15) is 0 Å². The van der Waals surface area contributed by atoms with Crippen molar-refractivity contribution in [3.8, 4) is 11.3 Å². The number of hydrogen-bond acceptors (Lipinski definition) is 4. The number of aliphatic hydroxyl groups excluding tert-OH is 1. The van der Waals surface area contributed by atoms with E-state index in [9.17, 15) is 9.90 Å². The molecule has 1 N–H and O–H groups in total. The van der Waals surface area contributed by atoms with Crippen molar-refractivity contribution in [3.05, 3.63) is 84.3 Å². The number of fused-ring (bicyclic) bond motifs is 4. The van der Waals surface area contributed by atoms with Crippen molar-refractivity contribution >= 4 is 61.3 Å². The Labute approximate surface area is 307 Å². The van der Waals surface area contributed by atoms with E-state index < -0.39 is 8.07 Å². The van der Waals surface area contributed by atoms with E-state index in [0.717, 1.165) is 49.8 Å². The number of thiophene rings is 1. The van der Waals surface area contributed by atoms with Gasteiger partial charge in [-0.1, -0.05) is 121 Å². The van der Waals surface area contributed by atoms with Gasteiger partial charge in [0, 0.05) is 59.3 Å². The van der Waals surface area contributed by atoms with E-state index in [1.807, 2.05) is 45.2 Å². The first-order valence-corrected chi connectivity index (χ1v) is 22.0. The molecule has 0 amide bonds. The van der Waals surface area contributed by atoms with Crippen LogP contribution in [0, 0.1) is 17.9 Å². The Balaban J connectivity index is 0.000000334. The maximum absolute atomic E-state index is 11.7. The molecule has 6 heteroatoms. The first-order chi connectivity index (χ1) is 22.5. The van der Waals surface area contributed by atoms with E-state index in [2.05, 4.69) is 94.2 Å². The predicted molar refractivity (Wildman–Crippen MR) is 209 cm³/mol.